The molecule has 2 aliphatic rings. The van der Waals surface area contributed by atoms with Crippen molar-refractivity contribution in [1.82, 2.24) is 0 Å². The number of nitriles is 1. The van der Waals surface area contributed by atoms with Crippen molar-refractivity contribution in [3.8, 4) is 16.5 Å². The Morgan fingerprint density at radius 3 is 2.70 bits per heavy atom. The van der Waals surface area contributed by atoms with Crippen LogP contribution < -0.4 is 5.32 Å². The van der Waals surface area contributed by atoms with Crippen molar-refractivity contribution in [1.29, 1.82) is 5.26 Å². The number of nitrogens with one attached hydrogen (secondary N) is 1. The Morgan fingerprint density at radius 1 is 1.22 bits per heavy atom. The third-order valence-electron chi connectivity index (χ3n) is 5.22. The van der Waals surface area contributed by atoms with Gasteiger partial charge in [-0.3, -0.25) is 0 Å². The Bertz CT molecular complexity index is 836. The fourth-order valence-corrected chi connectivity index (χ4v) is 5.42. The second-order valence-corrected chi connectivity index (χ2v) is 8.05. The molecule has 0 atom stereocenters. The van der Waals surface area contributed by atoms with Crippen LogP contribution in [0, 0.1) is 18.3 Å². The van der Waals surface area contributed by atoms with E-state index in [9.17, 15) is 0 Å². The number of hydrogen-bond acceptors (Lipinski definition) is 3. The normalized spacial score (nSPS) is 18.5. The maximum atomic E-state index is 9.14. The second-order valence-electron chi connectivity index (χ2n) is 6.59. The minimum absolute atomic E-state index is 0.0438. The largest absolute Gasteiger partial charge is 0.349 e. The van der Waals surface area contributed by atoms with Gasteiger partial charge in [0, 0.05) is 16.0 Å². The molecule has 1 aliphatic carbocycles. The molecule has 0 bridgehead atoms. The molecule has 4 rings (SSSR count). The van der Waals surface area contributed by atoms with Crippen LogP contribution in [0.15, 0.2) is 24.3 Å². The fourth-order valence-electron chi connectivity index (χ4n) is 4.03. The van der Waals surface area contributed by atoms with Gasteiger partial charge in [-0.25, -0.2) is 0 Å². The van der Waals surface area contributed by atoms with Crippen LogP contribution in [0.5, 0.6) is 0 Å². The first kappa shape index (κ1) is 14.9. The van der Waals surface area contributed by atoms with E-state index in [0.717, 1.165) is 22.7 Å². The van der Waals surface area contributed by atoms with Crippen molar-refractivity contribution >= 4 is 34.2 Å². The van der Waals surface area contributed by atoms with Gasteiger partial charge in [-0.1, -0.05) is 37.5 Å². The highest BCUT2D eigenvalue weighted by atomic mass is 32.1. The molecular formula is C19H18N2S2. The van der Waals surface area contributed by atoms with Crippen molar-refractivity contribution in [3.63, 3.8) is 0 Å². The van der Waals surface area contributed by atoms with Gasteiger partial charge in [-0.05, 0) is 54.7 Å². The summed E-state index contributed by atoms with van der Waals surface area (Å²) in [5.74, 6) is 0. The van der Waals surface area contributed by atoms with Crippen LogP contribution in [0.2, 0.25) is 0 Å². The number of nitrogens with zero attached hydrogens (tertiary/aromatic N) is 1. The third-order valence-corrected chi connectivity index (χ3v) is 6.90. The van der Waals surface area contributed by atoms with Crippen LogP contribution in [-0.2, 0) is 5.41 Å². The summed E-state index contributed by atoms with van der Waals surface area (Å²) in [6.07, 6.45) is 6.13. The van der Waals surface area contributed by atoms with Gasteiger partial charge in [0.15, 0.2) is 0 Å². The van der Waals surface area contributed by atoms with Gasteiger partial charge in [0.1, 0.15) is 10.9 Å². The maximum Gasteiger partial charge on any atom is 0.110 e. The van der Waals surface area contributed by atoms with Crippen LogP contribution in [-0.4, -0.2) is 4.99 Å². The van der Waals surface area contributed by atoms with Crippen molar-refractivity contribution in [2.75, 3.05) is 5.32 Å². The minimum atomic E-state index is 0.0438. The molecule has 1 aromatic heterocycles. The molecule has 0 amide bonds. The van der Waals surface area contributed by atoms with Gasteiger partial charge < -0.3 is 5.32 Å². The Morgan fingerprint density at radius 2 is 2.00 bits per heavy atom. The topological polar surface area (TPSA) is 35.8 Å². The third kappa shape index (κ3) is 2.22. The average molecular weight is 339 g/mol. The molecule has 1 N–H and O–H groups in total. The molecular weight excluding hydrogens is 320 g/mol. The molecule has 1 spiro atoms. The van der Waals surface area contributed by atoms with Gasteiger partial charge in [-0.15, -0.1) is 11.3 Å². The van der Waals surface area contributed by atoms with Crippen LogP contribution in [0.1, 0.15) is 48.1 Å². The van der Waals surface area contributed by atoms with Crippen molar-refractivity contribution < 1.29 is 0 Å². The highest BCUT2D eigenvalue weighted by Gasteiger charge is 2.44. The van der Waals surface area contributed by atoms with E-state index < -0.39 is 0 Å². The Hall–Kier alpha value is -1.70. The molecule has 2 heterocycles. The fraction of sp³-hybridized carbons (Fsp3) is 0.368. The smallest absolute Gasteiger partial charge is 0.110 e. The Kier molecular flexibility index (Phi) is 3.51. The first-order valence-electron chi connectivity index (χ1n) is 8.11. The van der Waals surface area contributed by atoms with Crippen molar-refractivity contribution in [2.45, 2.75) is 44.4 Å². The predicted molar refractivity (Wildman–Crippen MR) is 100 cm³/mol. The summed E-state index contributed by atoms with van der Waals surface area (Å²) in [6.45, 7) is 2.08. The van der Waals surface area contributed by atoms with Gasteiger partial charge in [-0.2, -0.15) is 5.26 Å². The molecule has 2 aromatic rings. The molecule has 1 aromatic carbocycles. The van der Waals surface area contributed by atoms with E-state index in [2.05, 4.69) is 36.5 Å². The van der Waals surface area contributed by atoms with E-state index in [-0.39, 0.29) is 5.41 Å². The van der Waals surface area contributed by atoms with Crippen molar-refractivity contribution in [3.05, 3.63) is 40.3 Å². The summed E-state index contributed by atoms with van der Waals surface area (Å²) in [7, 11) is 0. The predicted octanol–water partition coefficient (Wildman–Crippen LogP) is 5.55. The Balaban J connectivity index is 1.84. The van der Waals surface area contributed by atoms with E-state index >= 15 is 0 Å². The van der Waals surface area contributed by atoms with Gasteiger partial charge in [0.2, 0.25) is 0 Å². The summed E-state index contributed by atoms with van der Waals surface area (Å²) in [6, 6.07) is 10.9. The first-order chi connectivity index (χ1) is 11.1. The van der Waals surface area contributed by atoms with E-state index in [1.807, 2.05) is 6.07 Å². The average Bonchev–Trinajstić information content (AvgIpc) is 3.07. The molecule has 0 unspecified atom stereocenters. The summed E-state index contributed by atoms with van der Waals surface area (Å²) >= 11 is 7.29. The van der Waals surface area contributed by atoms with Crippen LogP contribution >= 0.6 is 23.6 Å². The lowest BCUT2D eigenvalue weighted by Gasteiger charge is -2.33. The number of aryl methyl sites for hydroxylation is 1. The van der Waals surface area contributed by atoms with E-state index in [0.29, 0.717) is 0 Å². The highest BCUT2D eigenvalue weighted by molar-refractivity contribution is 7.80. The number of anilines is 1. The molecule has 4 heteroatoms. The summed E-state index contributed by atoms with van der Waals surface area (Å²) in [5.41, 5.74) is 4.98. The lowest BCUT2D eigenvalue weighted by molar-refractivity contribution is 0.389. The molecule has 2 nitrogen and oxygen atoms in total. The number of thiophene rings is 1. The molecule has 0 saturated heterocycles. The van der Waals surface area contributed by atoms with Gasteiger partial charge in [0.25, 0.3) is 0 Å². The van der Waals surface area contributed by atoms with Gasteiger partial charge >= 0.3 is 0 Å². The minimum Gasteiger partial charge on any atom is -0.349 e. The molecule has 1 saturated carbocycles. The lowest BCUT2D eigenvalue weighted by atomic mass is 9.70. The summed E-state index contributed by atoms with van der Waals surface area (Å²) in [4.78, 5) is 2.98. The molecule has 1 aliphatic heterocycles. The Labute approximate surface area is 146 Å². The number of fused-ring (bicyclic) bond motifs is 2. The van der Waals surface area contributed by atoms with Gasteiger partial charge in [0.05, 0.1) is 4.99 Å². The van der Waals surface area contributed by atoms with Crippen LogP contribution in [0.25, 0.3) is 10.4 Å². The lowest BCUT2D eigenvalue weighted by Crippen LogP contribution is -2.35. The van der Waals surface area contributed by atoms with E-state index in [1.54, 1.807) is 11.3 Å². The standard InChI is InChI=1S/C19H18N2S2/c1-12-9-14(11-20)23-17(12)13-5-6-16-15(10-13)19(18(22)21-16)7-3-2-4-8-19/h5-6,9-10H,2-4,7-8H2,1H3,(H,21,22). The van der Waals surface area contributed by atoms with E-state index in [1.165, 1.54) is 46.5 Å². The van der Waals surface area contributed by atoms with Crippen LogP contribution in [0.4, 0.5) is 5.69 Å². The first-order valence-corrected chi connectivity index (χ1v) is 9.33. The number of hydrogen-bond donors (Lipinski definition) is 1. The summed E-state index contributed by atoms with van der Waals surface area (Å²) < 4.78 is 0. The van der Waals surface area contributed by atoms with Crippen molar-refractivity contribution in [2.24, 2.45) is 0 Å². The molecule has 0 radical (unpaired) electrons. The molecule has 116 valence electrons. The number of thiocarbonyl (C=S) groups is 1. The zero-order chi connectivity index (χ0) is 16.0. The zero-order valence-corrected chi connectivity index (χ0v) is 14.7. The number of benzene rings is 1. The zero-order valence-electron chi connectivity index (χ0n) is 13.1. The number of rotatable bonds is 1. The molecule has 1 fully saturated rings. The monoisotopic (exact) mass is 338 g/mol. The quantitative estimate of drug-likeness (QED) is 0.692. The summed E-state index contributed by atoms with van der Waals surface area (Å²) in [5, 5.41) is 12.6. The maximum absolute atomic E-state index is 9.14. The highest BCUT2D eigenvalue weighted by Crippen LogP contribution is 2.49. The van der Waals surface area contributed by atoms with E-state index in [4.69, 9.17) is 17.5 Å². The van der Waals surface area contributed by atoms with Crippen LogP contribution in [0.3, 0.4) is 0 Å². The second kappa shape index (κ2) is 5.43. The molecule has 23 heavy (non-hydrogen) atoms. The SMILES string of the molecule is Cc1cc(C#N)sc1-c1ccc2c(c1)C1(CCCCC1)C(=S)N2.